The first-order valence-electron chi connectivity index (χ1n) is 10.7. The Balaban J connectivity index is 1.90. The fourth-order valence-corrected chi connectivity index (χ4v) is 4.70. The molecule has 3 amide bonds. The maximum absolute atomic E-state index is 15.4. The first-order valence-corrected chi connectivity index (χ1v) is 11.0. The lowest BCUT2D eigenvalue weighted by Gasteiger charge is -2.28. The quantitative estimate of drug-likeness (QED) is 0.376. The van der Waals surface area contributed by atoms with Crippen LogP contribution in [0, 0.1) is 11.6 Å². The molecule has 1 atom stereocenters. The second kappa shape index (κ2) is 8.59. The standard InChI is InChI=1S/C24H11ClF7N3O4/c25-12-2-1-8(26)5-9(12)18-16-10(15-11(20(33)36)3-7(4-13(15)27)23(28,29)30)6-14-19(17(16)21(37)34-18)35-22(38)24(31,32)39-14/h1-6,18H,(H2,33,36)(H,34,37)(H,35,38). The van der Waals surface area contributed by atoms with Crippen LogP contribution in [0.25, 0.3) is 11.1 Å². The summed E-state index contributed by atoms with van der Waals surface area (Å²) in [5.74, 6) is -7.89. The van der Waals surface area contributed by atoms with Gasteiger partial charge in [0.15, 0.2) is 5.75 Å². The second-order valence-corrected chi connectivity index (χ2v) is 8.88. The molecule has 5 rings (SSSR count). The molecule has 2 aliphatic rings. The van der Waals surface area contributed by atoms with Gasteiger partial charge in [-0.05, 0) is 42.0 Å². The molecule has 4 N–H and O–H groups in total. The number of primary amides is 1. The first kappa shape index (κ1) is 26.3. The second-order valence-electron chi connectivity index (χ2n) is 8.47. The number of carbonyl (C=O) groups excluding carboxylic acids is 3. The van der Waals surface area contributed by atoms with Gasteiger partial charge < -0.3 is 21.1 Å². The molecule has 0 radical (unpaired) electrons. The Kier molecular flexibility index (Phi) is 5.79. The highest BCUT2D eigenvalue weighted by atomic mass is 35.5. The van der Waals surface area contributed by atoms with Gasteiger partial charge in [-0.25, -0.2) is 8.78 Å². The number of nitrogens with one attached hydrogen (secondary N) is 2. The highest BCUT2D eigenvalue weighted by Crippen LogP contribution is 2.51. The lowest BCUT2D eigenvalue weighted by atomic mass is 9.85. The van der Waals surface area contributed by atoms with Crippen molar-refractivity contribution in [3.05, 3.63) is 80.9 Å². The molecule has 0 saturated carbocycles. The van der Waals surface area contributed by atoms with E-state index in [9.17, 15) is 40.7 Å². The lowest BCUT2D eigenvalue weighted by molar-refractivity contribution is -0.189. The fraction of sp³-hybridized carbons (Fsp3) is 0.125. The molecule has 202 valence electrons. The van der Waals surface area contributed by atoms with Crippen molar-refractivity contribution in [1.82, 2.24) is 5.32 Å². The molecular formula is C24H11ClF7N3O4. The van der Waals surface area contributed by atoms with E-state index in [1.54, 1.807) is 0 Å². The van der Waals surface area contributed by atoms with Crippen LogP contribution in [0.1, 0.15) is 43.4 Å². The average molecular weight is 574 g/mol. The highest BCUT2D eigenvalue weighted by Gasteiger charge is 2.50. The van der Waals surface area contributed by atoms with E-state index in [0.717, 1.165) is 18.2 Å². The van der Waals surface area contributed by atoms with E-state index in [2.05, 4.69) is 10.1 Å². The number of alkyl halides is 5. The number of anilines is 1. The number of fused-ring (bicyclic) bond motifs is 3. The minimum absolute atomic E-state index is 0.0409. The summed E-state index contributed by atoms with van der Waals surface area (Å²) in [6.07, 6.45) is -9.56. The number of amides is 3. The normalized spacial score (nSPS) is 17.6. The van der Waals surface area contributed by atoms with Crippen LogP contribution < -0.4 is 21.1 Å². The van der Waals surface area contributed by atoms with E-state index < -0.39 is 86.9 Å². The van der Waals surface area contributed by atoms with Crippen LogP contribution in [-0.2, 0) is 11.0 Å². The number of nitrogens with two attached hydrogens (primary N) is 1. The number of hydrogen-bond donors (Lipinski definition) is 3. The zero-order chi connectivity index (χ0) is 28.6. The van der Waals surface area contributed by atoms with Crippen molar-refractivity contribution in [3.8, 4) is 16.9 Å². The molecule has 7 nitrogen and oxygen atoms in total. The molecule has 15 heteroatoms. The molecule has 39 heavy (non-hydrogen) atoms. The number of rotatable bonds is 3. The maximum Gasteiger partial charge on any atom is 0.482 e. The summed E-state index contributed by atoms with van der Waals surface area (Å²) < 4.78 is 102. The molecule has 0 aromatic heterocycles. The SMILES string of the molecule is NC(=O)c1cc(C(F)(F)F)cc(F)c1-c1cc2c(c3c1C(c1cc(F)ccc1Cl)NC3=O)NC(=O)C(F)(F)O2. The Morgan fingerprint density at radius 3 is 2.38 bits per heavy atom. The number of ether oxygens (including phenoxy) is 1. The first-order chi connectivity index (χ1) is 18.1. The molecular weight excluding hydrogens is 563 g/mol. The molecule has 2 aliphatic heterocycles. The van der Waals surface area contributed by atoms with Gasteiger partial charge in [0.1, 0.15) is 11.6 Å². The Bertz CT molecular complexity index is 1620. The largest absolute Gasteiger partial charge is 0.482 e. The van der Waals surface area contributed by atoms with Gasteiger partial charge in [0.25, 0.3) is 5.91 Å². The smallest absolute Gasteiger partial charge is 0.423 e. The van der Waals surface area contributed by atoms with Crippen molar-refractivity contribution in [1.29, 1.82) is 0 Å². The number of hydrogen-bond acceptors (Lipinski definition) is 4. The van der Waals surface area contributed by atoms with Gasteiger partial charge in [-0.3, -0.25) is 14.4 Å². The van der Waals surface area contributed by atoms with E-state index >= 15 is 4.39 Å². The van der Waals surface area contributed by atoms with Crippen LogP contribution in [0.3, 0.4) is 0 Å². The van der Waals surface area contributed by atoms with Gasteiger partial charge >= 0.3 is 18.2 Å². The van der Waals surface area contributed by atoms with Crippen molar-refractivity contribution < 1.29 is 49.9 Å². The molecule has 2 heterocycles. The summed E-state index contributed by atoms with van der Waals surface area (Å²) >= 11 is 6.19. The van der Waals surface area contributed by atoms with Gasteiger partial charge in [0.05, 0.1) is 28.4 Å². The van der Waals surface area contributed by atoms with E-state index in [0.29, 0.717) is 6.07 Å². The fourth-order valence-electron chi connectivity index (χ4n) is 4.47. The molecule has 1 unspecified atom stereocenters. The molecule has 0 bridgehead atoms. The van der Waals surface area contributed by atoms with Crippen molar-refractivity contribution in [2.45, 2.75) is 18.3 Å². The van der Waals surface area contributed by atoms with Gasteiger partial charge in [0, 0.05) is 21.7 Å². The molecule has 0 fully saturated rings. The Labute approximate surface area is 217 Å². The summed E-state index contributed by atoms with van der Waals surface area (Å²) in [4.78, 5) is 37.2. The monoisotopic (exact) mass is 573 g/mol. The third-order valence-corrected chi connectivity index (χ3v) is 6.43. The van der Waals surface area contributed by atoms with Crippen LogP contribution in [0.2, 0.25) is 5.02 Å². The van der Waals surface area contributed by atoms with Crippen LogP contribution in [0.4, 0.5) is 36.4 Å². The third kappa shape index (κ3) is 4.20. The minimum atomic E-state index is -5.11. The van der Waals surface area contributed by atoms with Gasteiger partial charge in [-0.1, -0.05) is 11.6 Å². The average Bonchev–Trinajstić information content (AvgIpc) is 3.17. The van der Waals surface area contributed by atoms with Gasteiger partial charge in [-0.15, -0.1) is 0 Å². The number of benzene rings is 3. The van der Waals surface area contributed by atoms with Crippen LogP contribution >= 0.6 is 11.6 Å². The summed E-state index contributed by atoms with van der Waals surface area (Å²) in [7, 11) is 0. The molecule has 3 aromatic carbocycles. The van der Waals surface area contributed by atoms with E-state index in [-0.39, 0.29) is 28.3 Å². The van der Waals surface area contributed by atoms with Crippen molar-refractivity contribution in [3.63, 3.8) is 0 Å². The lowest BCUT2D eigenvalue weighted by Crippen LogP contribution is -2.43. The van der Waals surface area contributed by atoms with Crippen molar-refractivity contribution in [2.75, 3.05) is 5.32 Å². The Morgan fingerprint density at radius 1 is 1.05 bits per heavy atom. The summed E-state index contributed by atoms with van der Waals surface area (Å²) in [6.45, 7) is 0. The predicted molar refractivity (Wildman–Crippen MR) is 120 cm³/mol. The zero-order valence-corrected chi connectivity index (χ0v) is 19.5. The van der Waals surface area contributed by atoms with Crippen LogP contribution in [-0.4, -0.2) is 23.8 Å². The van der Waals surface area contributed by atoms with Crippen LogP contribution in [0.15, 0.2) is 36.4 Å². The topological polar surface area (TPSA) is 111 Å². The number of carbonyl (C=O) groups is 3. The van der Waals surface area contributed by atoms with E-state index in [4.69, 9.17) is 17.3 Å². The van der Waals surface area contributed by atoms with Crippen molar-refractivity contribution in [2.24, 2.45) is 5.73 Å². The predicted octanol–water partition coefficient (Wildman–Crippen LogP) is 5.16. The third-order valence-electron chi connectivity index (χ3n) is 6.08. The summed E-state index contributed by atoms with van der Waals surface area (Å²) in [5.41, 5.74) is -0.410. The van der Waals surface area contributed by atoms with Gasteiger partial charge in [0.2, 0.25) is 5.91 Å². The molecule has 0 spiro atoms. The minimum Gasteiger partial charge on any atom is -0.423 e. The molecule has 0 aliphatic carbocycles. The summed E-state index contributed by atoms with van der Waals surface area (Å²) in [6, 6.07) is 2.53. The maximum atomic E-state index is 15.4. The molecule has 0 saturated heterocycles. The Hall–Kier alpha value is -4.33. The van der Waals surface area contributed by atoms with E-state index in [1.807, 2.05) is 5.32 Å². The Morgan fingerprint density at radius 2 is 1.74 bits per heavy atom. The van der Waals surface area contributed by atoms with Crippen molar-refractivity contribution >= 4 is 35.0 Å². The van der Waals surface area contributed by atoms with Gasteiger partial charge in [-0.2, -0.15) is 22.0 Å². The highest BCUT2D eigenvalue weighted by molar-refractivity contribution is 6.31. The zero-order valence-electron chi connectivity index (χ0n) is 18.8. The van der Waals surface area contributed by atoms with E-state index in [1.165, 1.54) is 0 Å². The molecule has 3 aromatic rings. The van der Waals surface area contributed by atoms with Crippen LogP contribution in [0.5, 0.6) is 5.75 Å². The summed E-state index contributed by atoms with van der Waals surface area (Å²) in [5, 5.41) is 4.11. The number of halogens is 8.